The predicted octanol–water partition coefficient (Wildman–Crippen LogP) is 2.97. The first-order chi connectivity index (χ1) is 6.17. The average molecular weight is 173 g/mol. The van der Waals surface area contributed by atoms with Gasteiger partial charge in [0.25, 0.3) is 0 Å². The fraction of sp³-hybridized carbons (Fsp3) is 0.300. The van der Waals surface area contributed by atoms with E-state index in [9.17, 15) is 0 Å². The highest BCUT2D eigenvalue weighted by molar-refractivity contribution is 5.63. The number of fused-ring (bicyclic) bond motifs is 1. The molecule has 0 unspecified atom stereocenters. The van der Waals surface area contributed by atoms with Gasteiger partial charge in [0.05, 0.1) is 11.2 Å². The minimum Gasteiger partial charge on any atom is -0.264 e. The zero-order valence-corrected chi connectivity index (χ0v) is 7.73. The van der Waals surface area contributed by atoms with E-state index in [-0.39, 0.29) is 5.54 Å². The first-order valence-corrected chi connectivity index (χ1v) is 4.23. The van der Waals surface area contributed by atoms with E-state index in [0.717, 1.165) is 11.3 Å². The Labute approximate surface area is 77.2 Å². The Bertz CT molecular complexity index is 343. The molecule has 0 bridgehead atoms. The molecule has 0 fully saturated rings. The molecular formula is C10H11N3. The number of azo groups is 1. The summed E-state index contributed by atoms with van der Waals surface area (Å²) in [7, 11) is 0. The molecule has 0 aliphatic carbocycles. The molecule has 2 rings (SSSR count). The Hall–Kier alpha value is -1.51. The van der Waals surface area contributed by atoms with Crippen molar-refractivity contribution < 1.29 is 0 Å². The Kier molecular flexibility index (Phi) is 1.72. The van der Waals surface area contributed by atoms with E-state index in [1.165, 1.54) is 0 Å². The molecule has 0 atom stereocenters. The van der Waals surface area contributed by atoms with Crippen molar-refractivity contribution >= 4 is 11.8 Å². The molecule has 0 aromatic carbocycles. The number of hydrogen-bond donors (Lipinski definition) is 0. The van der Waals surface area contributed by atoms with Crippen molar-refractivity contribution in [2.75, 3.05) is 0 Å². The summed E-state index contributed by atoms with van der Waals surface area (Å²) >= 11 is 0. The van der Waals surface area contributed by atoms with Crippen molar-refractivity contribution in [1.29, 1.82) is 0 Å². The molecule has 0 spiro atoms. The molecule has 1 aliphatic heterocycles. The Morgan fingerprint density at radius 3 is 3.00 bits per heavy atom. The molecule has 1 aliphatic rings. The predicted molar refractivity (Wildman–Crippen MR) is 51.9 cm³/mol. The van der Waals surface area contributed by atoms with Gasteiger partial charge < -0.3 is 0 Å². The van der Waals surface area contributed by atoms with Gasteiger partial charge in [-0.1, -0.05) is 12.2 Å². The van der Waals surface area contributed by atoms with E-state index in [1.54, 1.807) is 12.4 Å². The summed E-state index contributed by atoms with van der Waals surface area (Å²) in [5.74, 6) is 0. The van der Waals surface area contributed by atoms with Gasteiger partial charge in [0.1, 0.15) is 0 Å². The van der Waals surface area contributed by atoms with Crippen LogP contribution in [-0.4, -0.2) is 10.5 Å². The second-order valence-corrected chi connectivity index (χ2v) is 3.62. The van der Waals surface area contributed by atoms with Gasteiger partial charge in [0, 0.05) is 18.0 Å². The van der Waals surface area contributed by atoms with Crippen LogP contribution < -0.4 is 0 Å². The third kappa shape index (κ3) is 1.64. The SMILES string of the molecule is CC1(C)C=Cc2cnccc2N=N1. The van der Waals surface area contributed by atoms with Gasteiger partial charge in [-0.3, -0.25) is 4.98 Å². The Balaban J connectivity index is 2.53. The lowest BCUT2D eigenvalue weighted by molar-refractivity contribution is 0.625. The van der Waals surface area contributed by atoms with Crippen LogP contribution in [0.25, 0.3) is 6.08 Å². The van der Waals surface area contributed by atoms with Crippen LogP contribution in [0.3, 0.4) is 0 Å². The fourth-order valence-corrected chi connectivity index (χ4v) is 1.13. The molecule has 0 radical (unpaired) electrons. The van der Waals surface area contributed by atoms with Crippen LogP contribution in [0, 0.1) is 0 Å². The summed E-state index contributed by atoms with van der Waals surface area (Å²) < 4.78 is 0. The number of hydrogen-bond acceptors (Lipinski definition) is 3. The topological polar surface area (TPSA) is 37.6 Å². The lowest BCUT2D eigenvalue weighted by Gasteiger charge is -2.09. The van der Waals surface area contributed by atoms with Gasteiger partial charge in [-0.15, -0.1) is 0 Å². The molecule has 2 heterocycles. The summed E-state index contributed by atoms with van der Waals surface area (Å²) in [6.45, 7) is 4.04. The molecule has 13 heavy (non-hydrogen) atoms. The Morgan fingerprint density at radius 1 is 1.31 bits per heavy atom. The van der Waals surface area contributed by atoms with Crippen LogP contribution in [0.1, 0.15) is 19.4 Å². The van der Waals surface area contributed by atoms with E-state index in [2.05, 4.69) is 15.2 Å². The molecule has 66 valence electrons. The summed E-state index contributed by atoms with van der Waals surface area (Å²) in [5, 5.41) is 8.37. The van der Waals surface area contributed by atoms with E-state index in [4.69, 9.17) is 0 Å². The smallest absolute Gasteiger partial charge is 0.0955 e. The molecule has 0 saturated carbocycles. The standard InChI is InChI=1S/C10H11N3/c1-10(2)5-3-8-7-11-6-4-9(8)12-13-10/h3-7H,1-2H3. The molecule has 3 heteroatoms. The minimum absolute atomic E-state index is 0.209. The molecule has 0 amide bonds. The first kappa shape index (κ1) is 8.10. The zero-order valence-electron chi connectivity index (χ0n) is 7.73. The average Bonchev–Trinajstić information content (AvgIpc) is 2.27. The maximum absolute atomic E-state index is 4.21. The number of pyridine rings is 1. The molecule has 1 aromatic rings. The van der Waals surface area contributed by atoms with Gasteiger partial charge in [-0.2, -0.15) is 10.2 Å². The summed E-state index contributed by atoms with van der Waals surface area (Å²) in [4.78, 5) is 4.03. The van der Waals surface area contributed by atoms with Gasteiger partial charge in [0.2, 0.25) is 0 Å². The van der Waals surface area contributed by atoms with Crippen molar-refractivity contribution in [3.63, 3.8) is 0 Å². The van der Waals surface area contributed by atoms with Crippen molar-refractivity contribution in [2.45, 2.75) is 19.4 Å². The van der Waals surface area contributed by atoms with Gasteiger partial charge in [0.15, 0.2) is 0 Å². The van der Waals surface area contributed by atoms with E-state index < -0.39 is 0 Å². The molecular weight excluding hydrogens is 162 g/mol. The highest BCUT2D eigenvalue weighted by Crippen LogP contribution is 2.26. The minimum atomic E-state index is -0.209. The van der Waals surface area contributed by atoms with E-state index >= 15 is 0 Å². The molecule has 0 saturated heterocycles. The first-order valence-electron chi connectivity index (χ1n) is 4.23. The third-order valence-electron chi connectivity index (χ3n) is 1.91. The van der Waals surface area contributed by atoms with Crippen LogP contribution in [0.2, 0.25) is 0 Å². The summed E-state index contributed by atoms with van der Waals surface area (Å²) in [5.41, 5.74) is 1.70. The lowest BCUT2D eigenvalue weighted by atomic mass is 10.1. The highest BCUT2D eigenvalue weighted by atomic mass is 15.1. The van der Waals surface area contributed by atoms with Gasteiger partial charge in [-0.05, 0) is 19.9 Å². The van der Waals surface area contributed by atoms with E-state index in [0.29, 0.717) is 0 Å². The van der Waals surface area contributed by atoms with Crippen LogP contribution in [0.15, 0.2) is 34.8 Å². The number of aromatic nitrogens is 1. The summed E-state index contributed by atoms with van der Waals surface area (Å²) in [6, 6.07) is 1.87. The van der Waals surface area contributed by atoms with Crippen molar-refractivity contribution in [3.05, 3.63) is 30.1 Å². The second-order valence-electron chi connectivity index (χ2n) is 3.62. The maximum Gasteiger partial charge on any atom is 0.0955 e. The largest absolute Gasteiger partial charge is 0.264 e. The monoisotopic (exact) mass is 173 g/mol. The lowest BCUT2D eigenvalue weighted by Crippen LogP contribution is -2.09. The van der Waals surface area contributed by atoms with Gasteiger partial charge in [-0.25, -0.2) is 0 Å². The number of rotatable bonds is 0. The van der Waals surface area contributed by atoms with Crippen LogP contribution >= 0.6 is 0 Å². The fourth-order valence-electron chi connectivity index (χ4n) is 1.13. The quantitative estimate of drug-likeness (QED) is 0.594. The highest BCUT2D eigenvalue weighted by Gasteiger charge is 2.14. The third-order valence-corrected chi connectivity index (χ3v) is 1.91. The molecule has 3 nitrogen and oxygen atoms in total. The van der Waals surface area contributed by atoms with E-state index in [1.807, 2.05) is 32.1 Å². The van der Waals surface area contributed by atoms with Gasteiger partial charge >= 0.3 is 0 Å². The Morgan fingerprint density at radius 2 is 2.15 bits per heavy atom. The number of nitrogens with zero attached hydrogens (tertiary/aromatic N) is 3. The normalized spacial score (nSPS) is 18.0. The van der Waals surface area contributed by atoms with Crippen molar-refractivity contribution in [3.8, 4) is 0 Å². The molecule has 0 N–H and O–H groups in total. The second kappa shape index (κ2) is 2.76. The van der Waals surface area contributed by atoms with Crippen molar-refractivity contribution in [2.24, 2.45) is 10.2 Å². The summed E-state index contributed by atoms with van der Waals surface area (Å²) in [6.07, 6.45) is 7.57. The van der Waals surface area contributed by atoms with Crippen LogP contribution in [0.5, 0.6) is 0 Å². The van der Waals surface area contributed by atoms with Crippen LogP contribution in [-0.2, 0) is 0 Å². The van der Waals surface area contributed by atoms with Crippen molar-refractivity contribution in [1.82, 2.24) is 4.98 Å². The molecule has 1 aromatic heterocycles. The van der Waals surface area contributed by atoms with Crippen LogP contribution in [0.4, 0.5) is 5.69 Å². The maximum atomic E-state index is 4.21. The zero-order chi connectivity index (χ0) is 9.31.